The number of halogens is 1. The van der Waals surface area contributed by atoms with E-state index in [1.807, 2.05) is 16.7 Å². The molecule has 2 aliphatic rings. The standard InChI is InChI=1S/C13H14FNOS/c14-10-3-1-9(2-4-10)5-13(16)15-7-12-6-11(15)8-17-12/h1-4,11-12H,5-8H2. The smallest absolute Gasteiger partial charge is 0.227 e. The summed E-state index contributed by atoms with van der Waals surface area (Å²) < 4.78 is 12.7. The Bertz CT molecular complexity index is 434. The first-order valence-corrected chi connectivity index (χ1v) is 6.93. The van der Waals surface area contributed by atoms with Crippen molar-refractivity contribution in [1.29, 1.82) is 0 Å². The molecular weight excluding hydrogens is 237 g/mol. The van der Waals surface area contributed by atoms with Crippen LogP contribution in [0.15, 0.2) is 24.3 Å². The van der Waals surface area contributed by atoms with E-state index in [1.54, 1.807) is 12.1 Å². The lowest BCUT2D eigenvalue weighted by Gasteiger charge is -2.26. The molecule has 2 aliphatic heterocycles. The molecule has 0 spiro atoms. The van der Waals surface area contributed by atoms with Crippen LogP contribution in [-0.2, 0) is 11.2 Å². The van der Waals surface area contributed by atoms with Crippen molar-refractivity contribution >= 4 is 17.7 Å². The highest BCUT2D eigenvalue weighted by Crippen LogP contribution is 2.37. The summed E-state index contributed by atoms with van der Waals surface area (Å²) in [4.78, 5) is 14.1. The molecule has 2 bridgehead atoms. The van der Waals surface area contributed by atoms with Gasteiger partial charge in [0.1, 0.15) is 5.82 Å². The van der Waals surface area contributed by atoms with E-state index in [-0.39, 0.29) is 11.7 Å². The van der Waals surface area contributed by atoms with Gasteiger partial charge in [0.25, 0.3) is 0 Å². The molecule has 1 aromatic rings. The lowest BCUT2D eigenvalue weighted by atomic mass is 10.1. The van der Waals surface area contributed by atoms with Gasteiger partial charge in [-0.2, -0.15) is 11.8 Å². The van der Waals surface area contributed by atoms with Crippen molar-refractivity contribution in [1.82, 2.24) is 4.90 Å². The van der Waals surface area contributed by atoms with Crippen LogP contribution in [0.3, 0.4) is 0 Å². The van der Waals surface area contributed by atoms with Crippen LogP contribution >= 0.6 is 11.8 Å². The lowest BCUT2D eigenvalue weighted by Crippen LogP contribution is -2.40. The number of fused-ring (bicyclic) bond motifs is 2. The van der Waals surface area contributed by atoms with Crippen molar-refractivity contribution in [2.45, 2.75) is 24.1 Å². The van der Waals surface area contributed by atoms with E-state index in [0.29, 0.717) is 17.7 Å². The summed E-state index contributed by atoms with van der Waals surface area (Å²) in [6.45, 7) is 0.898. The molecule has 17 heavy (non-hydrogen) atoms. The van der Waals surface area contributed by atoms with E-state index in [9.17, 15) is 9.18 Å². The second-order valence-electron chi connectivity index (χ2n) is 4.69. The second-order valence-corrected chi connectivity index (χ2v) is 6.03. The summed E-state index contributed by atoms with van der Waals surface area (Å²) in [6.07, 6.45) is 1.55. The molecule has 3 rings (SSSR count). The van der Waals surface area contributed by atoms with E-state index in [4.69, 9.17) is 0 Å². The topological polar surface area (TPSA) is 20.3 Å². The number of hydrogen-bond donors (Lipinski definition) is 0. The number of rotatable bonds is 2. The van der Waals surface area contributed by atoms with Gasteiger partial charge in [-0.05, 0) is 24.1 Å². The first-order valence-electron chi connectivity index (χ1n) is 5.88. The Balaban J connectivity index is 1.65. The first kappa shape index (κ1) is 11.1. The average Bonchev–Trinajstić information content (AvgIpc) is 2.94. The van der Waals surface area contributed by atoms with Gasteiger partial charge in [0, 0.05) is 23.6 Å². The molecule has 90 valence electrons. The number of hydrogen-bond acceptors (Lipinski definition) is 2. The van der Waals surface area contributed by atoms with Gasteiger partial charge in [0.05, 0.1) is 6.42 Å². The molecule has 0 aromatic heterocycles. The van der Waals surface area contributed by atoms with Gasteiger partial charge < -0.3 is 4.90 Å². The monoisotopic (exact) mass is 251 g/mol. The number of thioether (sulfide) groups is 1. The number of nitrogens with zero attached hydrogens (tertiary/aromatic N) is 1. The van der Waals surface area contributed by atoms with Crippen molar-refractivity contribution in [2.24, 2.45) is 0 Å². The SMILES string of the molecule is O=C(Cc1ccc(F)cc1)N1CC2CC1CS2. The Morgan fingerprint density at radius 3 is 2.76 bits per heavy atom. The number of carbonyl (C=O) groups excluding carboxylic acids is 1. The first-order chi connectivity index (χ1) is 8.22. The fourth-order valence-electron chi connectivity index (χ4n) is 2.58. The molecule has 0 saturated carbocycles. The third-order valence-electron chi connectivity index (χ3n) is 3.49. The fraction of sp³-hybridized carbons (Fsp3) is 0.462. The van der Waals surface area contributed by atoms with Gasteiger partial charge in [0.2, 0.25) is 5.91 Å². The van der Waals surface area contributed by atoms with Gasteiger partial charge in [-0.1, -0.05) is 12.1 Å². The summed E-state index contributed by atoms with van der Waals surface area (Å²) >= 11 is 1.98. The third-order valence-corrected chi connectivity index (χ3v) is 4.88. The summed E-state index contributed by atoms with van der Waals surface area (Å²) in [5.41, 5.74) is 0.895. The van der Waals surface area contributed by atoms with Crippen LogP contribution < -0.4 is 0 Å². The maximum absolute atomic E-state index is 12.7. The Morgan fingerprint density at radius 2 is 2.18 bits per heavy atom. The number of likely N-dealkylation sites (tertiary alicyclic amines) is 1. The number of benzene rings is 1. The molecule has 1 amide bonds. The van der Waals surface area contributed by atoms with Crippen molar-refractivity contribution in [2.75, 3.05) is 12.3 Å². The largest absolute Gasteiger partial charge is 0.337 e. The van der Waals surface area contributed by atoms with Crippen LogP contribution in [-0.4, -0.2) is 34.4 Å². The molecule has 2 atom stereocenters. The van der Waals surface area contributed by atoms with Crippen molar-refractivity contribution in [3.05, 3.63) is 35.6 Å². The molecule has 0 aliphatic carbocycles. The van der Waals surface area contributed by atoms with E-state index in [2.05, 4.69) is 0 Å². The van der Waals surface area contributed by atoms with E-state index in [0.717, 1.165) is 24.3 Å². The lowest BCUT2D eigenvalue weighted by molar-refractivity contribution is -0.130. The van der Waals surface area contributed by atoms with E-state index < -0.39 is 0 Å². The quantitative estimate of drug-likeness (QED) is 0.802. The van der Waals surface area contributed by atoms with Crippen molar-refractivity contribution in [3.63, 3.8) is 0 Å². The summed E-state index contributed by atoms with van der Waals surface area (Å²) in [7, 11) is 0. The minimum atomic E-state index is -0.252. The molecule has 4 heteroatoms. The summed E-state index contributed by atoms with van der Waals surface area (Å²) in [5.74, 6) is 1.02. The molecule has 2 fully saturated rings. The van der Waals surface area contributed by atoms with Gasteiger partial charge >= 0.3 is 0 Å². The highest BCUT2D eigenvalue weighted by molar-refractivity contribution is 8.00. The highest BCUT2D eigenvalue weighted by Gasteiger charge is 2.40. The zero-order chi connectivity index (χ0) is 11.8. The van der Waals surface area contributed by atoms with Crippen LogP contribution in [0.5, 0.6) is 0 Å². The molecule has 2 nitrogen and oxygen atoms in total. The normalized spacial score (nSPS) is 26.5. The summed E-state index contributed by atoms with van der Waals surface area (Å²) in [6, 6.07) is 6.65. The maximum Gasteiger partial charge on any atom is 0.227 e. The average molecular weight is 251 g/mol. The van der Waals surface area contributed by atoms with Gasteiger partial charge in [-0.3, -0.25) is 4.79 Å². The van der Waals surface area contributed by atoms with Gasteiger partial charge in [-0.25, -0.2) is 4.39 Å². The van der Waals surface area contributed by atoms with Crippen LogP contribution in [0.2, 0.25) is 0 Å². The second kappa shape index (κ2) is 4.33. The molecule has 2 saturated heterocycles. The van der Waals surface area contributed by atoms with E-state index >= 15 is 0 Å². The zero-order valence-electron chi connectivity index (χ0n) is 9.43. The Kier molecular flexibility index (Phi) is 2.82. The minimum Gasteiger partial charge on any atom is -0.337 e. The minimum absolute atomic E-state index is 0.185. The zero-order valence-corrected chi connectivity index (χ0v) is 10.3. The number of amides is 1. The molecule has 2 heterocycles. The van der Waals surface area contributed by atoms with E-state index in [1.165, 1.54) is 12.1 Å². The van der Waals surface area contributed by atoms with Crippen LogP contribution in [0.25, 0.3) is 0 Å². The predicted octanol–water partition coefficient (Wildman–Crippen LogP) is 2.08. The number of carbonyl (C=O) groups is 1. The van der Waals surface area contributed by atoms with Crippen LogP contribution in [0.1, 0.15) is 12.0 Å². The Morgan fingerprint density at radius 1 is 1.41 bits per heavy atom. The fourth-order valence-corrected chi connectivity index (χ4v) is 4.02. The highest BCUT2D eigenvalue weighted by atomic mass is 32.2. The van der Waals surface area contributed by atoms with Crippen LogP contribution in [0.4, 0.5) is 4.39 Å². The maximum atomic E-state index is 12.7. The molecule has 1 aromatic carbocycles. The van der Waals surface area contributed by atoms with Crippen molar-refractivity contribution < 1.29 is 9.18 Å². The molecule has 0 radical (unpaired) electrons. The Hall–Kier alpha value is -1.03. The predicted molar refractivity (Wildman–Crippen MR) is 66.5 cm³/mol. The van der Waals surface area contributed by atoms with Crippen molar-refractivity contribution in [3.8, 4) is 0 Å². The van der Waals surface area contributed by atoms with Gasteiger partial charge in [0.15, 0.2) is 0 Å². The van der Waals surface area contributed by atoms with Gasteiger partial charge in [-0.15, -0.1) is 0 Å². The molecule has 0 N–H and O–H groups in total. The molecular formula is C13H14FNOS. The summed E-state index contributed by atoms with van der Waals surface area (Å²) in [5, 5.41) is 0.650. The third kappa shape index (κ3) is 2.18. The van der Waals surface area contributed by atoms with Crippen LogP contribution in [0, 0.1) is 5.82 Å². The Labute approximate surface area is 104 Å². The molecule has 2 unspecified atom stereocenters.